The molecule has 1 fully saturated rings. The number of piperidine rings is 1. The van der Waals surface area contributed by atoms with Crippen molar-refractivity contribution in [1.29, 1.82) is 0 Å². The number of aromatic nitrogens is 5. The summed E-state index contributed by atoms with van der Waals surface area (Å²) in [6.45, 7) is 8.25. The highest BCUT2D eigenvalue weighted by atomic mass is 32.1. The second kappa shape index (κ2) is 5.56. The smallest absolute Gasteiger partial charge is 0.254 e. The fourth-order valence-corrected chi connectivity index (χ4v) is 4.24. The summed E-state index contributed by atoms with van der Waals surface area (Å²) >= 11 is 1.78. The van der Waals surface area contributed by atoms with E-state index in [0.29, 0.717) is 11.7 Å². The topological polar surface area (TPSA) is 59.2 Å². The van der Waals surface area contributed by atoms with Gasteiger partial charge in [-0.15, -0.1) is 11.3 Å². The molecule has 0 radical (unpaired) electrons. The molecule has 0 bridgehead atoms. The molecule has 1 aliphatic heterocycles. The molecule has 23 heavy (non-hydrogen) atoms. The molecule has 4 heterocycles. The lowest BCUT2D eigenvalue weighted by atomic mass is 9.98. The third kappa shape index (κ3) is 2.49. The van der Waals surface area contributed by atoms with Gasteiger partial charge in [0.2, 0.25) is 0 Å². The van der Waals surface area contributed by atoms with E-state index in [-0.39, 0.29) is 0 Å². The molecule has 1 aliphatic rings. The third-order valence-corrected chi connectivity index (χ3v) is 5.71. The molecule has 1 atom stereocenters. The van der Waals surface area contributed by atoms with Crippen molar-refractivity contribution in [3.8, 4) is 0 Å². The maximum absolute atomic E-state index is 4.70. The summed E-state index contributed by atoms with van der Waals surface area (Å²) in [7, 11) is 0. The molecule has 1 unspecified atom stereocenters. The maximum atomic E-state index is 4.70. The fraction of sp³-hybridized carbons (Fsp3) is 0.500. The standard InChI is InChI=1S/C16H20N6S/c1-10-8-23-14(19-10)13-5-4-6-21(7-13)15-11(2)12(3)20-16-17-9-18-22(15)16/h8-9,13H,4-7H2,1-3H3. The van der Waals surface area contributed by atoms with E-state index >= 15 is 0 Å². The second-order valence-corrected chi connectivity index (χ2v) is 7.12. The Bertz CT molecular complexity index is 851. The van der Waals surface area contributed by atoms with Gasteiger partial charge in [0, 0.05) is 41.3 Å². The van der Waals surface area contributed by atoms with Gasteiger partial charge in [0.1, 0.15) is 12.1 Å². The van der Waals surface area contributed by atoms with Gasteiger partial charge in [0.15, 0.2) is 0 Å². The number of nitrogens with zero attached hydrogens (tertiary/aromatic N) is 6. The number of rotatable bonds is 2. The van der Waals surface area contributed by atoms with Gasteiger partial charge in [-0.3, -0.25) is 0 Å². The molecule has 1 saturated heterocycles. The molecule has 120 valence electrons. The summed E-state index contributed by atoms with van der Waals surface area (Å²) in [5.41, 5.74) is 3.32. The summed E-state index contributed by atoms with van der Waals surface area (Å²) in [6, 6.07) is 0. The van der Waals surface area contributed by atoms with Gasteiger partial charge in [-0.25, -0.2) is 9.97 Å². The Morgan fingerprint density at radius 2 is 2.09 bits per heavy atom. The number of thiazole rings is 1. The van der Waals surface area contributed by atoms with Crippen LogP contribution in [0.5, 0.6) is 0 Å². The predicted octanol–water partition coefficient (Wildman–Crippen LogP) is 2.89. The summed E-state index contributed by atoms with van der Waals surface area (Å²) in [4.78, 5) is 15.9. The number of hydrogen-bond acceptors (Lipinski definition) is 6. The summed E-state index contributed by atoms with van der Waals surface area (Å²) in [5, 5.41) is 7.79. The van der Waals surface area contributed by atoms with Crippen LogP contribution in [-0.2, 0) is 0 Å². The van der Waals surface area contributed by atoms with Crippen molar-refractivity contribution < 1.29 is 0 Å². The maximum Gasteiger partial charge on any atom is 0.254 e. The molecule has 4 rings (SSSR count). The van der Waals surface area contributed by atoms with Gasteiger partial charge < -0.3 is 4.90 Å². The fourth-order valence-electron chi connectivity index (χ4n) is 3.32. The first-order valence-electron chi connectivity index (χ1n) is 7.97. The average Bonchev–Trinajstić information content (AvgIpc) is 3.17. The normalized spacial score (nSPS) is 18.7. The zero-order valence-corrected chi connectivity index (χ0v) is 14.5. The zero-order chi connectivity index (χ0) is 16.0. The van der Waals surface area contributed by atoms with Gasteiger partial charge >= 0.3 is 0 Å². The summed E-state index contributed by atoms with van der Waals surface area (Å²) < 4.78 is 1.87. The highest BCUT2D eigenvalue weighted by Gasteiger charge is 2.27. The Morgan fingerprint density at radius 1 is 1.22 bits per heavy atom. The highest BCUT2D eigenvalue weighted by Crippen LogP contribution is 2.33. The molecule has 6 nitrogen and oxygen atoms in total. The first-order chi connectivity index (χ1) is 11.1. The quantitative estimate of drug-likeness (QED) is 0.724. The first-order valence-corrected chi connectivity index (χ1v) is 8.85. The van der Waals surface area contributed by atoms with Crippen LogP contribution in [0.25, 0.3) is 5.78 Å². The Morgan fingerprint density at radius 3 is 2.87 bits per heavy atom. The summed E-state index contributed by atoms with van der Waals surface area (Å²) in [6.07, 6.45) is 3.95. The van der Waals surface area contributed by atoms with Crippen LogP contribution in [0.4, 0.5) is 5.82 Å². The predicted molar refractivity (Wildman–Crippen MR) is 91.3 cm³/mol. The van der Waals surface area contributed by atoms with E-state index in [1.165, 1.54) is 23.4 Å². The number of fused-ring (bicyclic) bond motifs is 1. The number of aryl methyl sites for hydroxylation is 2. The number of hydrogen-bond donors (Lipinski definition) is 0. The van der Waals surface area contributed by atoms with Gasteiger partial charge in [-0.2, -0.15) is 14.6 Å². The molecule has 0 aromatic carbocycles. The second-order valence-electron chi connectivity index (χ2n) is 6.23. The van der Waals surface area contributed by atoms with Crippen LogP contribution in [0.1, 0.15) is 40.7 Å². The summed E-state index contributed by atoms with van der Waals surface area (Å²) in [5.74, 6) is 2.30. The van der Waals surface area contributed by atoms with Crippen LogP contribution < -0.4 is 4.90 Å². The van der Waals surface area contributed by atoms with E-state index in [1.807, 2.05) is 11.4 Å². The molecule has 0 saturated carbocycles. The average molecular weight is 328 g/mol. The SMILES string of the molecule is Cc1csc(C2CCCN(c3c(C)c(C)nc4ncnn34)C2)n1. The van der Waals surface area contributed by atoms with Crippen molar-refractivity contribution in [3.63, 3.8) is 0 Å². The zero-order valence-electron chi connectivity index (χ0n) is 13.7. The van der Waals surface area contributed by atoms with E-state index in [9.17, 15) is 0 Å². The Labute approximate surface area is 139 Å². The lowest BCUT2D eigenvalue weighted by Gasteiger charge is -2.34. The molecule has 3 aromatic rings. The molecular weight excluding hydrogens is 308 g/mol. The first kappa shape index (κ1) is 14.6. The molecule has 0 aliphatic carbocycles. The van der Waals surface area contributed by atoms with Crippen molar-refractivity contribution in [2.75, 3.05) is 18.0 Å². The molecule has 3 aromatic heterocycles. The van der Waals surface area contributed by atoms with Crippen molar-refractivity contribution in [3.05, 3.63) is 33.7 Å². The van der Waals surface area contributed by atoms with E-state index < -0.39 is 0 Å². The van der Waals surface area contributed by atoms with Crippen LogP contribution in [0.15, 0.2) is 11.7 Å². The highest BCUT2D eigenvalue weighted by molar-refractivity contribution is 7.09. The van der Waals surface area contributed by atoms with Gasteiger partial charge in [-0.05, 0) is 33.6 Å². The molecule has 0 amide bonds. The molecule has 7 heteroatoms. The van der Waals surface area contributed by atoms with E-state index in [1.54, 1.807) is 17.7 Å². The third-order valence-electron chi connectivity index (χ3n) is 4.58. The van der Waals surface area contributed by atoms with Gasteiger partial charge in [0.25, 0.3) is 5.78 Å². The largest absolute Gasteiger partial charge is 0.355 e. The van der Waals surface area contributed by atoms with Crippen LogP contribution in [0, 0.1) is 20.8 Å². The van der Waals surface area contributed by atoms with Crippen molar-refractivity contribution in [2.24, 2.45) is 0 Å². The molecule has 0 spiro atoms. The van der Waals surface area contributed by atoms with Gasteiger partial charge in [0.05, 0.1) is 5.01 Å². The Kier molecular flexibility index (Phi) is 3.52. The van der Waals surface area contributed by atoms with Crippen LogP contribution in [0.3, 0.4) is 0 Å². The molecule has 0 N–H and O–H groups in total. The van der Waals surface area contributed by atoms with E-state index in [2.05, 4.69) is 39.2 Å². The molecular formula is C16H20N6S. The van der Waals surface area contributed by atoms with Crippen LogP contribution >= 0.6 is 11.3 Å². The van der Waals surface area contributed by atoms with Crippen molar-refractivity contribution >= 4 is 22.9 Å². The van der Waals surface area contributed by atoms with Gasteiger partial charge in [-0.1, -0.05) is 0 Å². The lowest BCUT2D eigenvalue weighted by molar-refractivity contribution is 0.501. The van der Waals surface area contributed by atoms with E-state index in [4.69, 9.17) is 4.98 Å². The minimum atomic E-state index is 0.494. The van der Waals surface area contributed by atoms with Crippen molar-refractivity contribution in [1.82, 2.24) is 24.6 Å². The minimum absolute atomic E-state index is 0.494. The lowest BCUT2D eigenvalue weighted by Crippen LogP contribution is -2.36. The van der Waals surface area contributed by atoms with Crippen molar-refractivity contribution in [2.45, 2.75) is 39.5 Å². The minimum Gasteiger partial charge on any atom is -0.355 e. The number of anilines is 1. The Balaban J connectivity index is 1.73. The Hall–Kier alpha value is -2.02. The van der Waals surface area contributed by atoms with E-state index in [0.717, 1.165) is 30.3 Å². The van der Waals surface area contributed by atoms with Crippen LogP contribution in [-0.4, -0.2) is 37.7 Å². The van der Waals surface area contributed by atoms with Crippen LogP contribution in [0.2, 0.25) is 0 Å². The monoisotopic (exact) mass is 328 g/mol.